The molecule has 0 heterocycles. The summed E-state index contributed by atoms with van der Waals surface area (Å²) in [5.41, 5.74) is 3.89. The van der Waals surface area contributed by atoms with Gasteiger partial charge in [0.05, 0.1) is 18.9 Å². The fourth-order valence-electron chi connectivity index (χ4n) is 1.93. The topological polar surface area (TPSA) is 47.6 Å². The minimum absolute atomic E-state index is 0.557. The monoisotopic (exact) mass is 266 g/mol. The van der Waals surface area contributed by atoms with E-state index >= 15 is 0 Å². The van der Waals surface area contributed by atoms with Crippen molar-refractivity contribution in [3.05, 3.63) is 83.9 Å². The molecule has 0 spiro atoms. The molecular formula is C17H18N2O. The third-order valence-electron chi connectivity index (χ3n) is 2.91. The Morgan fingerprint density at radius 3 is 2.30 bits per heavy atom. The lowest BCUT2D eigenvalue weighted by atomic mass is 10.0. The first-order chi connectivity index (χ1) is 9.85. The molecule has 0 aliphatic rings. The van der Waals surface area contributed by atoms with E-state index in [4.69, 9.17) is 10.6 Å². The van der Waals surface area contributed by atoms with Crippen LogP contribution < -0.4 is 5.84 Å². The van der Waals surface area contributed by atoms with E-state index in [9.17, 15) is 0 Å². The number of rotatable bonds is 6. The third kappa shape index (κ3) is 3.56. The van der Waals surface area contributed by atoms with E-state index in [-0.39, 0.29) is 0 Å². The fraction of sp³-hybridized carbons (Fsp3) is 0.118. The zero-order chi connectivity index (χ0) is 14.2. The molecule has 0 atom stereocenters. The first-order valence-electron chi connectivity index (χ1n) is 6.46. The van der Waals surface area contributed by atoms with Crippen molar-refractivity contribution in [2.24, 2.45) is 10.9 Å². The molecule has 2 N–H and O–H groups in total. The molecule has 0 amide bonds. The van der Waals surface area contributed by atoms with Crippen molar-refractivity contribution in [1.82, 2.24) is 0 Å². The quantitative estimate of drug-likeness (QED) is 0.287. The van der Waals surface area contributed by atoms with Gasteiger partial charge in [-0.3, -0.25) is 0 Å². The Morgan fingerprint density at radius 2 is 1.70 bits per heavy atom. The molecule has 2 aromatic carbocycles. The largest absolute Gasteiger partial charge is 0.373 e. The van der Waals surface area contributed by atoms with Gasteiger partial charge in [0.1, 0.15) is 0 Å². The molecule has 3 nitrogen and oxygen atoms in total. The summed E-state index contributed by atoms with van der Waals surface area (Å²) in [4.78, 5) is 0. The minimum atomic E-state index is 0.557. The van der Waals surface area contributed by atoms with Gasteiger partial charge in [-0.15, -0.1) is 6.58 Å². The highest BCUT2D eigenvalue weighted by atomic mass is 16.5. The summed E-state index contributed by atoms with van der Waals surface area (Å²) >= 11 is 0. The molecule has 2 rings (SSSR count). The molecule has 20 heavy (non-hydrogen) atoms. The van der Waals surface area contributed by atoms with Crippen molar-refractivity contribution >= 4 is 5.71 Å². The van der Waals surface area contributed by atoms with E-state index in [1.807, 2.05) is 54.6 Å². The number of hydrogen-bond donors (Lipinski definition) is 1. The van der Waals surface area contributed by atoms with Crippen LogP contribution in [-0.4, -0.2) is 12.3 Å². The number of nitrogens with two attached hydrogens (primary N) is 1. The maximum atomic E-state index is 5.53. The molecule has 0 bridgehead atoms. The smallest absolute Gasteiger partial charge is 0.0971 e. The van der Waals surface area contributed by atoms with Gasteiger partial charge >= 0.3 is 0 Å². The fourth-order valence-corrected chi connectivity index (χ4v) is 1.93. The van der Waals surface area contributed by atoms with Crippen LogP contribution in [0.1, 0.15) is 16.7 Å². The van der Waals surface area contributed by atoms with Gasteiger partial charge in [0.15, 0.2) is 0 Å². The van der Waals surface area contributed by atoms with Crippen LogP contribution >= 0.6 is 0 Å². The minimum Gasteiger partial charge on any atom is -0.373 e. The average molecular weight is 266 g/mol. The van der Waals surface area contributed by atoms with Crippen molar-refractivity contribution in [3.63, 3.8) is 0 Å². The van der Waals surface area contributed by atoms with E-state index in [0.717, 1.165) is 22.4 Å². The standard InChI is InChI=1S/C17H18N2O/c1-2-12-20-13-14-8-10-16(11-9-14)17(19-18)15-6-4-3-5-7-15/h2-11H,1,12-13,18H2. The molecule has 0 unspecified atom stereocenters. The average Bonchev–Trinajstić information content (AvgIpc) is 2.51. The van der Waals surface area contributed by atoms with Crippen LogP contribution in [0.3, 0.4) is 0 Å². The van der Waals surface area contributed by atoms with Gasteiger partial charge in [0, 0.05) is 11.1 Å². The summed E-state index contributed by atoms with van der Waals surface area (Å²) < 4.78 is 5.41. The number of benzene rings is 2. The zero-order valence-corrected chi connectivity index (χ0v) is 11.3. The molecule has 0 aromatic heterocycles. The highest BCUT2D eigenvalue weighted by molar-refractivity contribution is 6.12. The lowest BCUT2D eigenvalue weighted by Crippen LogP contribution is -2.06. The molecule has 102 valence electrons. The Bertz CT molecular complexity index is 574. The molecule has 0 aliphatic heterocycles. The van der Waals surface area contributed by atoms with E-state index < -0.39 is 0 Å². The third-order valence-corrected chi connectivity index (χ3v) is 2.91. The van der Waals surface area contributed by atoms with Gasteiger partial charge in [-0.1, -0.05) is 60.7 Å². The lowest BCUT2D eigenvalue weighted by Gasteiger charge is -2.07. The molecule has 0 aliphatic carbocycles. The second-order valence-electron chi connectivity index (χ2n) is 4.34. The molecule has 2 aromatic rings. The zero-order valence-electron chi connectivity index (χ0n) is 11.3. The number of nitrogens with zero attached hydrogens (tertiary/aromatic N) is 1. The van der Waals surface area contributed by atoms with Crippen LogP contribution in [0.25, 0.3) is 0 Å². The van der Waals surface area contributed by atoms with Crippen LogP contribution in [0.15, 0.2) is 72.4 Å². The first kappa shape index (κ1) is 14.0. The van der Waals surface area contributed by atoms with Crippen molar-refractivity contribution in [1.29, 1.82) is 0 Å². The molecule has 0 fully saturated rings. The van der Waals surface area contributed by atoms with Crippen molar-refractivity contribution in [3.8, 4) is 0 Å². The molecular weight excluding hydrogens is 248 g/mol. The lowest BCUT2D eigenvalue weighted by molar-refractivity contribution is 0.149. The summed E-state index contributed by atoms with van der Waals surface area (Å²) in [7, 11) is 0. The van der Waals surface area contributed by atoms with Gasteiger partial charge in [0.25, 0.3) is 0 Å². The molecule has 3 heteroatoms. The van der Waals surface area contributed by atoms with Crippen LogP contribution in [0.4, 0.5) is 0 Å². The summed E-state index contributed by atoms with van der Waals surface area (Å²) in [6.07, 6.45) is 1.74. The van der Waals surface area contributed by atoms with Crippen LogP contribution in [-0.2, 0) is 11.3 Å². The summed E-state index contributed by atoms with van der Waals surface area (Å²) in [6.45, 7) is 4.75. The van der Waals surface area contributed by atoms with Crippen LogP contribution in [0, 0.1) is 0 Å². The van der Waals surface area contributed by atoms with Gasteiger partial charge in [-0.05, 0) is 5.56 Å². The van der Waals surface area contributed by atoms with E-state index in [1.54, 1.807) is 6.08 Å². The SMILES string of the molecule is C=CCOCc1ccc(C(=NN)c2ccccc2)cc1. The predicted octanol–water partition coefficient (Wildman–Crippen LogP) is 3.10. The number of hydrogen-bond acceptors (Lipinski definition) is 3. The van der Waals surface area contributed by atoms with Crippen LogP contribution in [0.2, 0.25) is 0 Å². The number of ether oxygens (including phenoxy) is 1. The highest BCUT2D eigenvalue weighted by Crippen LogP contribution is 2.12. The van der Waals surface area contributed by atoms with Gasteiger partial charge in [-0.25, -0.2) is 0 Å². The number of hydrazone groups is 1. The summed E-state index contributed by atoms with van der Waals surface area (Å²) in [6, 6.07) is 17.9. The van der Waals surface area contributed by atoms with Crippen molar-refractivity contribution < 1.29 is 4.74 Å². The normalized spacial score (nSPS) is 11.3. The van der Waals surface area contributed by atoms with Crippen molar-refractivity contribution in [2.75, 3.05) is 6.61 Å². The van der Waals surface area contributed by atoms with E-state index in [1.165, 1.54) is 0 Å². The van der Waals surface area contributed by atoms with Gasteiger partial charge in [-0.2, -0.15) is 5.10 Å². The second kappa shape index (κ2) is 7.26. The van der Waals surface area contributed by atoms with E-state index in [2.05, 4.69) is 11.7 Å². The van der Waals surface area contributed by atoms with E-state index in [0.29, 0.717) is 13.2 Å². The molecule has 0 radical (unpaired) electrons. The Hall–Kier alpha value is -2.39. The Labute approximate surface area is 119 Å². The second-order valence-corrected chi connectivity index (χ2v) is 4.34. The molecule has 0 saturated heterocycles. The Morgan fingerprint density at radius 1 is 1.05 bits per heavy atom. The Balaban J connectivity index is 2.14. The van der Waals surface area contributed by atoms with Crippen LogP contribution in [0.5, 0.6) is 0 Å². The molecule has 0 saturated carbocycles. The Kier molecular flexibility index (Phi) is 5.09. The summed E-state index contributed by atoms with van der Waals surface area (Å²) in [5, 5.41) is 3.91. The summed E-state index contributed by atoms with van der Waals surface area (Å²) in [5.74, 6) is 5.53. The maximum Gasteiger partial charge on any atom is 0.0971 e. The van der Waals surface area contributed by atoms with Gasteiger partial charge in [0.2, 0.25) is 0 Å². The van der Waals surface area contributed by atoms with Crippen molar-refractivity contribution in [2.45, 2.75) is 6.61 Å². The highest BCUT2D eigenvalue weighted by Gasteiger charge is 2.06. The predicted molar refractivity (Wildman–Crippen MR) is 82.6 cm³/mol. The first-order valence-corrected chi connectivity index (χ1v) is 6.46. The van der Waals surface area contributed by atoms with Gasteiger partial charge < -0.3 is 10.6 Å². The maximum absolute atomic E-state index is 5.53.